The normalized spacial score (nSPS) is 18.8. The summed E-state index contributed by atoms with van der Waals surface area (Å²) in [4.78, 5) is 36.8. The Hall–Kier alpha value is -2.03. The molecule has 2 amide bonds. The maximum absolute atomic E-state index is 12.5. The van der Waals surface area contributed by atoms with Gasteiger partial charge < -0.3 is 15.3 Å². The van der Waals surface area contributed by atoms with Crippen molar-refractivity contribution in [3.8, 4) is 0 Å². The quantitative estimate of drug-likeness (QED) is 0.776. The largest absolute Gasteiger partial charge is 0.481 e. The second-order valence-electron chi connectivity index (χ2n) is 4.31. The molecule has 2 heterocycles. The summed E-state index contributed by atoms with van der Waals surface area (Å²) >= 11 is 0.967. The second-order valence-corrected chi connectivity index (χ2v) is 5.06. The Morgan fingerprint density at radius 1 is 1.55 bits per heavy atom. The molecule has 1 aliphatic rings. The van der Waals surface area contributed by atoms with Gasteiger partial charge in [-0.15, -0.1) is 5.10 Å². The van der Waals surface area contributed by atoms with E-state index in [2.05, 4.69) is 14.9 Å². The number of carboxylic acids is 1. The third-order valence-corrected chi connectivity index (χ3v) is 3.80. The second kappa shape index (κ2) is 5.95. The molecule has 0 radical (unpaired) electrons. The maximum atomic E-state index is 12.5. The van der Waals surface area contributed by atoms with Gasteiger partial charge in [0.1, 0.15) is 10.9 Å². The number of nitrogens with one attached hydrogen (secondary N) is 1. The number of amides is 2. The summed E-state index contributed by atoms with van der Waals surface area (Å²) in [5.74, 6) is -1.94. The molecule has 20 heavy (non-hydrogen) atoms. The van der Waals surface area contributed by atoms with Gasteiger partial charge in [-0.2, -0.15) is 0 Å². The summed E-state index contributed by atoms with van der Waals surface area (Å²) in [7, 11) is 0. The first-order valence-corrected chi connectivity index (χ1v) is 6.93. The van der Waals surface area contributed by atoms with Gasteiger partial charge in [-0.1, -0.05) is 11.4 Å². The first kappa shape index (κ1) is 14.4. The number of hydrogen-bond donors (Lipinski definition) is 2. The zero-order chi connectivity index (χ0) is 14.7. The van der Waals surface area contributed by atoms with Crippen LogP contribution in [0.5, 0.6) is 0 Å². The lowest BCUT2D eigenvalue weighted by molar-refractivity contribution is -0.142. The molecule has 1 aromatic rings. The molecule has 1 unspecified atom stereocenters. The van der Waals surface area contributed by atoms with Crippen molar-refractivity contribution in [2.75, 3.05) is 13.1 Å². The van der Waals surface area contributed by atoms with E-state index in [-0.39, 0.29) is 12.5 Å². The fourth-order valence-corrected chi connectivity index (χ4v) is 2.77. The molecule has 1 fully saturated rings. The highest BCUT2D eigenvalue weighted by molar-refractivity contribution is 7.08. The van der Waals surface area contributed by atoms with E-state index in [9.17, 15) is 14.4 Å². The zero-order valence-corrected chi connectivity index (χ0v) is 11.6. The van der Waals surface area contributed by atoms with Crippen molar-refractivity contribution in [1.82, 2.24) is 19.8 Å². The lowest BCUT2D eigenvalue weighted by atomic mass is 10.1. The van der Waals surface area contributed by atoms with Crippen LogP contribution in [0, 0.1) is 0 Å². The molecule has 1 saturated heterocycles. The van der Waals surface area contributed by atoms with Crippen LogP contribution in [-0.2, 0) is 16.0 Å². The fraction of sp³-hybridized carbons (Fsp3) is 0.545. The molecule has 2 rings (SSSR count). The van der Waals surface area contributed by atoms with E-state index in [4.69, 9.17) is 5.11 Å². The van der Waals surface area contributed by atoms with Crippen LogP contribution in [0.25, 0.3) is 0 Å². The number of aryl methyl sites for hydroxylation is 1. The van der Waals surface area contributed by atoms with Gasteiger partial charge >= 0.3 is 5.97 Å². The van der Waals surface area contributed by atoms with Crippen LogP contribution in [0.15, 0.2) is 0 Å². The molecular weight excluding hydrogens is 284 g/mol. The number of carbonyl (C=O) groups excluding carboxylic acids is 2. The summed E-state index contributed by atoms with van der Waals surface area (Å²) in [6, 6.07) is -0.986. The summed E-state index contributed by atoms with van der Waals surface area (Å²) in [5.41, 5.74) is 0.569. The Kier molecular flexibility index (Phi) is 4.28. The minimum absolute atomic E-state index is 0.281. The van der Waals surface area contributed by atoms with E-state index >= 15 is 0 Å². The van der Waals surface area contributed by atoms with E-state index in [0.717, 1.165) is 11.5 Å². The van der Waals surface area contributed by atoms with Crippen LogP contribution in [0.3, 0.4) is 0 Å². The molecule has 0 spiro atoms. The predicted molar refractivity (Wildman–Crippen MR) is 69.4 cm³/mol. The topological polar surface area (TPSA) is 112 Å². The maximum Gasteiger partial charge on any atom is 0.305 e. The van der Waals surface area contributed by atoms with Crippen LogP contribution in [0.2, 0.25) is 0 Å². The lowest BCUT2D eigenvalue weighted by Gasteiger charge is -2.33. The van der Waals surface area contributed by atoms with Crippen molar-refractivity contribution in [2.45, 2.75) is 25.8 Å². The Labute approximate surface area is 118 Å². The zero-order valence-electron chi connectivity index (χ0n) is 10.8. The molecule has 0 saturated carbocycles. The molecular formula is C11H14N4O4S. The van der Waals surface area contributed by atoms with E-state index in [0.29, 0.717) is 23.5 Å². The number of nitrogens with zero attached hydrogens (tertiary/aromatic N) is 3. The van der Waals surface area contributed by atoms with Gasteiger partial charge in [-0.25, -0.2) is 0 Å². The number of aliphatic carboxylic acids is 1. The number of hydrogen-bond acceptors (Lipinski definition) is 6. The summed E-state index contributed by atoms with van der Waals surface area (Å²) in [6.07, 6.45) is 0.145. The number of aromatic nitrogens is 2. The van der Waals surface area contributed by atoms with Crippen molar-refractivity contribution in [3.63, 3.8) is 0 Å². The van der Waals surface area contributed by atoms with Gasteiger partial charge in [-0.3, -0.25) is 14.4 Å². The van der Waals surface area contributed by atoms with E-state index in [1.807, 2.05) is 6.92 Å². The fourth-order valence-electron chi connectivity index (χ4n) is 2.06. The molecule has 0 aromatic carbocycles. The molecule has 9 heteroatoms. The van der Waals surface area contributed by atoms with Gasteiger partial charge in [0.05, 0.1) is 12.1 Å². The average Bonchev–Trinajstić information content (AvgIpc) is 2.88. The van der Waals surface area contributed by atoms with Gasteiger partial charge in [0.15, 0.2) is 0 Å². The van der Waals surface area contributed by atoms with Gasteiger partial charge in [0, 0.05) is 13.1 Å². The molecule has 1 aromatic heterocycles. The van der Waals surface area contributed by atoms with Gasteiger partial charge in [0.25, 0.3) is 5.91 Å². The molecule has 0 bridgehead atoms. The van der Waals surface area contributed by atoms with Crippen molar-refractivity contribution in [1.29, 1.82) is 0 Å². The summed E-state index contributed by atoms with van der Waals surface area (Å²) in [5, 5.41) is 15.3. The van der Waals surface area contributed by atoms with Crippen LogP contribution in [-0.4, -0.2) is 56.5 Å². The highest BCUT2D eigenvalue weighted by Gasteiger charge is 2.36. The van der Waals surface area contributed by atoms with Gasteiger partial charge in [0.2, 0.25) is 5.91 Å². The Morgan fingerprint density at radius 3 is 2.95 bits per heavy atom. The van der Waals surface area contributed by atoms with Crippen molar-refractivity contribution < 1.29 is 19.5 Å². The van der Waals surface area contributed by atoms with Gasteiger partial charge in [-0.05, 0) is 18.0 Å². The number of piperazine rings is 1. The molecule has 108 valence electrons. The lowest BCUT2D eigenvalue weighted by Crippen LogP contribution is -2.57. The number of carbonyl (C=O) groups is 3. The summed E-state index contributed by atoms with van der Waals surface area (Å²) in [6.45, 7) is 2.45. The minimum atomic E-state index is -1.12. The molecule has 8 nitrogen and oxygen atoms in total. The molecule has 1 atom stereocenters. The highest BCUT2D eigenvalue weighted by atomic mass is 32.1. The number of rotatable bonds is 4. The first-order chi connectivity index (χ1) is 9.54. The van der Waals surface area contributed by atoms with Crippen molar-refractivity contribution >= 4 is 29.3 Å². The minimum Gasteiger partial charge on any atom is -0.481 e. The first-order valence-electron chi connectivity index (χ1n) is 6.16. The summed E-state index contributed by atoms with van der Waals surface area (Å²) < 4.78 is 3.74. The van der Waals surface area contributed by atoms with Crippen molar-refractivity contribution in [3.05, 3.63) is 10.6 Å². The van der Waals surface area contributed by atoms with Crippen LogP contribution < -0.4 is 5.32 Å². The molecule has 0 aliphatic carbocycles. The predicted octanol–water partition coefficient (Wildman–Crippen LogP) is -0.484. The standard InChI is InChI=1S/C11H14N4O4S/c1-2-6-9(20-14-13-6)11(19)15-4-3-12-10(18)7(15)5-8(16)17/h7H,2-5H2,1H3,(H,12,18)(H,16,17). The smallest absolute Gasteiger partial charge is 0.305 e. The van der Waals surface area contributed by atoms with E-state index in [1.165, 1.54) is 4.90 Å². The third-order valence-electron chi connectivity index (χ3n) is 3.04. The Balaban J connectivity index is 2.26. The SMILES string of the molecule is CCc1nnsc1C(=O)N1CCNC(=O)C1CC(=O)O. The Bertz CT molecular complexity index is 544. The van der Waals surface area contributed by atoms with Crippen molar-refractivity contribution in [2.24, 2.45) is 0 Å². The molecule has 2 N–H and O–H groups in total. The van der Waals surface area contributed by atoms with E-state index in [1.54, 1.807) is 0 Å². The van der Waals surface area contributed by atoms with E-state index < -0.39 is 24.3 Å². The van der Waals surface area contributed by atoms with Crippen LogP contribution in [0.4, 0.5) is 0 Å². The molecule has 1 aliphatic heterocycles. The number of carboxylic acid groups (broad SMARTS) is 1. The monoisotopic (exact) mass is 298 g/mol. The average molecular weight is 298 g/mol. The van der Waals surface area contributed by atoms with Crippen LogP contribution in [0.1, 0.15) is 28.7 Å². The third kappa shape index (κ3) is 2.77. The Morgan fingerprint density at radius 2 is 2.30 bits per heavy atom. The van der Waals surface area contributed by atoms with Crippen LogP contribution >= 0.6 is 11.5 Å². The highest BCUT2D eigenvalue weighted by Crippen LogP contribution is 2.18.